The predicted molar refractivity (Wildman–Crippen MR) is 287 cm³/mol. The molecule has 0 radical (unpaired) electrons. The molecule has 0 spiro atoms. The first-order chi connectivity index (χ1) is 36.2. The topological polar surface area (TPSA) is 218 Å². The summed E-state index contributed by atoms with van der Waals surface area (Å²) >= 11 is 1.67. The van der Waals surface area contributed by atoms with Crippen molar-refractivity contribution in [2.45, 2.75) is 168 Å². The fraction of sp³-hybridized carbons (Fsp3) is 0.560. The summed E-state index contributed by atoms with van der Waals surface area (Å²) in [5.41, 5.74) is -2.56. The van der Waals surface area contributed by atoms with Gasteiger partial charge in [0, 0.05) is 79.7 Å². The highest BCUT2D eigenvalue weighted by molar-refractivity contribution is 7.99. The van der Waals surface area contributed by atoms with Crippen LogP contribution < -0.4 is 15.1 Å². The molecular weight excluding hydrogens is 1080 g/mol. The van der Waals surface area contributed by atoms with Crippen molar-refractivity contribution in [3.05, 3.63) is 60.4 Å². The smallest absolute Gasteiger partial charge is 0.434 e. The molecule has 0 aromatic carbocycles. The molecular formula is C50H66F6N14O5S2Si. The van der Waals surface area contributed by atoms with E-state index in [1.807, 2.05) is 64.9 Å². The van der Waals surface area contributed by atoms with E-state index in [2.05, 4.69) is 69.7 Å². The number of carboxylic acid groups (broad SMARTS) is 1. The minimum absolute atomic E-state index is 0.0581. The molecule has 3 N–H and O–H groups in total. The molecule has 8 heterocycles. The van der Waals surface area contributed by atoms with Crippen LogP contribution in [-0.4, -0.2) is 135 Å². The van der Waals surface area contributed by atoms with Crippen LogP contribution in [0.15, 0.2) is 68.9 Å². The quantitative estimate of drug-likeness (QED) is 0.0556. The number of pyridine rings is 2. The highest BCUT2D eigenvalue weighted by atomic mass is 32.2. The van der Waals surface area contributed by atoms with Crippen LogP contribution in [0.5, 0.6) is 0 Å². The third kappa shape index (κ3) is 15.2. The van der Waals surface area contributed by atoms with Gasteiger partial charge in [0.2, 0.25) is 17.5 Å². The van der Waals surface area contributed by atoms with Crippen LogP contribution >= 0.6 is 23.5 Å². The number of carbonyl (C=O) groups is 2. The number of hydrogen-bond acceptors (Lipinski definition) is 16. The van der Waals surface area contributed by atoms with E-state index in [1.165, 1.54) is 36.7 Å². The number of nitrogens with zero attached hydrogens (tertiary/aromatic N) is 12. The molecule has 28 heteroatoms. The number of anilines is 2. The third-order valence-corrected chi connectivity index (χ3v) is 16.4. The summed E-state index contributed by atoms with van der Waals surface area (Å²) < 4.78 is 93.6. The summed E-state index contributed by atoms with van der Waals surface area (Å²) in [6, 6.07) is 6.57. The normalized spacial score (nSPS) is 16.2. The molecule has 6 aromatic rings. The number of aromatic amines is 1. The molecule has 0 bridgehead atoms. The average Bonchev–Trinajstić information content (AvgIpc) is 3.97. The Morgan fingerprint density at radius 2 is 1.31 bits per heavy atom. The number of ether oxygens (including phenoxy) is 2. The molecule has 19 nitrogen and oxygen atoms in total. The fourth-order valence-electron chi connectivity index (χ4n) is 9.00. The SMILES string of the molecule is CC(C)(C)N(C(=O)O)C1(C)CCN(c2nc3nc(Sc4cccnc4C(F)(F)F)cnc3n2COCC[Si](C)(C)C)CC1.CC1(NC(=O)OC(C)(C)C)CCN(c2nc3nc(Sc4cccnc4C(F)(F)F)cnc3[nH]2)CC1. The van der Waals surface area contributed by atoms with Crippen molar-refractivity contribution in [2.24, 2.45) is 0 Å². The van der Waals surface area contributed by atoms with Gasteiger partial charge in [-0.2, -0.15) is 36.3 Å². The number of carbonyl (C=O) groups excluding carboxylic acids is 1. The lowest BCUT2D eigenvalue weighted by molar-refractivity contribution is -0.144. The third-order valence-electron chi connectivity index (χ3n) is 12.8. The lowest BCUT2D eigenvalue weighted by atomic mass is 9.84. The maximum absolute atomic E-state index is 13.5. The fourth-order valence-corrected chi connectivity index (χ4v) is 11.5. The Hall–Kier alpha value is -6.00. The Morgan fingerprint density at radius 1 is 0.769 bits per heavy atom. The summed E-state index contributed by atoms with van der Waals surface area (Å²) in [6.45, 7) is 25.0. The van der Waals surface area contributed by atoms with Gasteiger partial charge in [-0.3, -0.25) is 19.4 Å². The molecule has 8 rings (SSSR count). The van der Waals surface area contributed by atoms with Gasteiger partial charge in [-0.1, -0.05) is 43.2 Å². The molecule has 2 aliphatic heterocycles. The van der Waals surface area contributed by atoms with Gasteiger partial charge < -0.3 is 34.7 Å². The van der Waals surface area contributed by atoms with Crippen molar-refractivity contribution in [1.29, 1.82) is 0 Å². The van der Waals surface area contributed by atoms with Crippen LogP contribution in [0.4, 0.5) is 47.8 Å². The number of rotatable bonds is 13. The molecule has 0 unspecified atom stereocenters. The Kier molecular flexibility index (Phi) is 17.6. The largest absolute Gasteiger partial charge is 0.465 e. The summed E-state index contributed by atoms with van der Waals surface area (Å²) in [5.74, 6) is 1.15. The van der Waals surface area contributed by atoms with E-state index in [-0.39, 0.29) is 26.6 Å². The number of hydrogen-bond donors (Lipinski definition) is 3. The highest BCUT2D eigenvalue weighted by Gasteiger charge is 2.45. The zero-order valence-electron chi connectivity index (χ0n) is 45.4. The first kappa shape index (κ1) is 59.7. The van der Waals surface area contributed by atoms with Gasteiger partial charge in [-0.25, -0.2) is 29.5 Å². The van der Waals surface area contributed by atoms with Crippen LogP contribution in [0.25, 0.3) is 22.6 Å². The number of fused-ring (bicyclic) bond motifs is 2. The average molecular weight is 1150 g/mol. The number of H-pyrrole nitrogens is 1. The Labute approximate surface area is 457 Å². The molecule has 424 valence electrons. The molecule has 78 heavy (non-hydrogen) atoms. The van der Waals surface area contributed by atoms with E-state index in [0.29, 0.717) is 93.0 Å². The summed E-state index contributed by atoms with van der Waals surface area (Å²) in [6.07, 6.45) is -3.00. The van der Waals surface area contributed by atoms with Crippen LogP contribution in [0.2, 0.25) is 25.7 Å². The first-order valence-corrected chi connectivity index (χ1v) is 30.5. The van der Waals surface area contributed by atoms with Crippen LogP contribution in [0.3, 0.4) is 0 Å². The van der Waals surface area contributed by atoms with Gasteiger partial charge in [0.25, 0.3) is 0 Å². The monoisotopic (exact) mass is 1150 g/mol. The van der Waals surface area contributed by atoms with E-state index < -0.39 is 66.2 Å². The summed E-state index contributed by atoms with van der Waals surface area (Å²) in [7, 11) is -1.32. The first-order valence-electron chi connectivity index (χ1n) is 25.2. The maximum Gasteiger partial charge on any atom is 0.434 e. The summed E-state index contributed by atoms with van der Waals surface area (Å²) in [5, 5.41) is 13.5. The Bertz CT molecular complexity index is 3070. The van der Waals surface area contributed by atoms with Crippen molar-refractivity contribution in [1.82, 2.24) is 59.6 Å². The van der Waals surface area contributed by atoms with E-state index in [0.717, 1.165) is 42.0 Å². The number of halogens is 6. The molecule has 2 amide bonds. The van der Waals surface area contributed by atoms with Gasteiger partial charge in [0.15, 0.2) is 28.3 Å². The zero-order chi connectivity index (χ0) is 57.2. The van der Waals surface area contributed by atoms with Crippen molar-refractivity contribution < 1.29 is 50.5 Å². The Balaban J connectivity index is 0.000000231. The van der Waals surface area contributed by atoms with Gasteiger partial charge >= 0.3 is 24.5 Å². The van der Waals surface area contributed by atoms with E-state index >= 15 is 0 Å². The van der Waals surface area contributed by atoms with Gasteiger partial charge in [0.1, 0.15) is 22.4 Å². The summed E-state index contributed by atoms with van der Waals surface area (Å²) in [4.78, 5) is 67.1. The molecule has 6 aromatic heterocycles. The van der Waals surface area contributed by atoms with Crippen molar-refractivity contribution in [3.63, 3.8) is 0 Å². The van der Waals surface area contributed by atoms with Gasteiger partial charge in [0.05, 0.1) is 12.4 Å². The van der Waals surface area contributed by atoms with Crippen molar-refractivity contribution in [2.75, 3.05) is 42.6 Å². The zero-order valence-corrected chi connectivity index (χ0v) is 48.1. The number of alkyl carbamates (subject to hydrolysis) is 1. The lowest BCUT2D eigenvalue weighted by Gasteiger charge is -2.50. The number of nitrogens with one attached hydrogen (secondary N) is 2. The second-order valence-corrected chi connectivity index (χ2v) is 30.6. The van der Waals surface area contributed by atoms with Crippen LogP contribution in [-0.2, 0) is 28.6 Å². The van der Waals surface area contributed by atoms with Gasteiger partial charge in [-0.05, 0) is 111 Å². The molecule has 0 saturated carbocycles. The Morgan fingerprint density at radius 3 is 1.82 bits per heavy atom. The van der Waals surface area contributed by atoms with E-state index in [1.54, 1.807) is 4.90 Å². The second-order valence-electron chi connectivity index (χ2n) is 22.8. The van der Waals surface area contributed by atoms with Crippen molar-refractivity contribution >= 4 is 78.3 Å². The van der Waals surface area contributed by atoms with Crippen LogP contribution in [0, 0.1) is 0 Å². The number of aromatic nitrogens is 10. The number of piperidine rings is 2. The predicted octanol–water partition coefficient (Wildman–Crippen LogP) is 11.6. The standard InChI is InChI=1S/C28H40F3N7O3SSi.C22H26F3N7O2S/c1-26(2,3)38(25(39)40)27(4)10-13-36(14-11-27)24-35-22-23(37(24)18-41-15-16-43(5,6)7)33-17-20(34-22)42-19-9-8-12-32-21(19)28(29,30)31;1-20(2,3)34-19(33)31-21(4)7-10-32(11-8-21)18-29-16-17(30-18)28-14(12-27-16)35-13-6-5-9-26-15(13)22(23,24)25/h8-9,12,17H,10-11,13-16,18H2,1-7H3,(H,39,40);5-6,9,12H,7-8,10-11H2,1-4H3,(H,31,33)(H,27,28,29,30). The minimum Gasteiger partial charge on any atom is -0.465 e. The molecule has 0 atom stereocenters. The number of amides is 2. The number of imidazole rings is 2. The van der Waals surface area contributed by atoms with Gasteiger partial charge in [-0.15, -0.1) is 0 Å². The van der Waals surface area contributed by atoms with E-state index in [9.17, 15) is 41.0 Å². The highest BCUT2D eigenvalue weighted by Crippen LogP contribution is 2.41. The molecule has 2 saturated heterocycles. The lowest BCUT2D eigenvalue weighted by Crippen LogP contribution is -2.61. The molecule has 2 fully saturated rings. The van der Waals surface area contributed by atoms with Crippen LogP contribution in [0.1, 0.15) is 92.5 Å². The minimum atomic E-state index is -4.60. The maximum atomic E-state index is 13.5. The molecule has 0 aliphatic carbocycles. The number of alkyl halides is 6. The van der Waals surface area contributed by atoms with Crippen molar-refractivity contribution in [3.8, 4) is 0 Å². The second kappa shape index (κ2) is 23.0. The van der Waals surface area contributed by atoms with E-state index in [4.69, 9.17) is 14.5 Å². The molecule has 2 aliphatic rings.